The SMILES string of the molecule is Cc1c[nH]c(=O)n1-c1ccc(C(=O)OC(C)C(=O)N2CCNC2=O)cc1. The highest BCUT2D eigenvalue weighted by Crippen LogP contribution is 2.12. The molecular formula is C17H18N4O5. The third kappa shape index (κ3) is 3.23. The lowest BCUT2D eigenvalue weighted by Crippen LogP contribution is -2.41. The number of urea groups is 1. The van der Waals surface area contributed by atoms with E-state index in [4.69, 9.17) is 4.74 Å². The smallest absolute Gasteiger partial charge is 0.338 e. The molecule has 9 nitrogen and oxygen atoms in total. The van der Waals surface area contributed by atoms with Gasteiger partial charge in [-0.2, -0.15) is 0 Å². The second-order valence-electron chi connectivity index (χ2n) is 5.89. The Labute approximate surface area is 148 Å². The van der Waals surface area contributed by atoms with Gasteiger partial charge in [-0.3, -0.25) is 14.3 Å². The van der Waals surface area contributed by atoms with Crippen LogP contribution in [0.1, 0.15) is 23.0 Å². The lowest BCUT2D eigenvalue weighted by molar-refractivity contribution is -0.136. The minimum Gasteiger partial charge on any atom is -0.449 e. The summed E-state index contributed by atoms with van der Waals surface area (Å²) >= 11 is 0. The maximum atomic E-state index is 12.2. The molecule has 2 aromatic rings. The van der Waals surface area contributed by atoms with Gasteiger partial charge in [0, 0.05) is 25.0 Å². The Hall–Kier alpha value is -3.36. The van der Waals surface area contributed by atoms with Gasteiger partial charge in [-0.1, -0.05) is 0 Å². The molecule has 0 radical (unpaired) electrons. The zero-order valence-corrected chi connectivity index (χ0v) is 14.3. The summed E-state index contributed by atoms with van der Waals surface area (Å²) in [6, 6.07) is 5.75. The first-order valence-electron chi connectivity index (χ1n) is 8.06. The van der Waals surface area contributed by atoms with Crippen molar-refractivity contribution in [2.75, 3.05) is 13.1 Å². The molecule has 26 heavy (non-hydrogen) atoms. The van der Waals surface area contributed by atoms with Crippen molar-refractivity contribution in [1.29, 1.82) is 0 Å². The molecule has 1 aromatic heterocycles. The number of amides is 3. The number of H-pyrrole nitrogens is 1. The number of rotatable bonds is 4. The monoisotopic (exact) mass is 358 g/mol. The molecule has 1 aliphatic heterocycles. The van der Waals surface area contributed by atoms with Gasteiger partial charge in [0.2, 0.25) is 0 Å². The first-order valence-corrected chi connectivity index (χ1v) is 8.06. The van der Waals surface area contributed by atoms with Crippen LogP contribution in [0.4, 0.5) is 4.79 Å². The number of benzene rings is 1. The standard InChI is InChI=1S/C17H18N4O5/c1-10-9-19-17(25)21(10)13-5-3-12(4-6-13)15(23)26-11(2)14(22)20-8-7-18-16(20)24/h3-6,9,11H,7-8H2,1-2H3,(H,18,24)(H,19,25). The number of carbonyl (C=O) groups excluding carboxylic acids is 3. The molecule has 1 atom stereocenters. The highest BCUT2D eigenvalue weighted by atomic mass is 16.5. The van der Waals surface area contributed by atoms with Gasteiger partial charge in [-0.05, 0) is 38.1 Å². The largest absolute Gasteiger partial charge is 0.449 e. The molecule has 1 aliphatic rings. The molecule has 9 heteroatoms. The van der Waals surface area contributed by atoms with E-state index in [1.54, 1.807) is 25.3 Å². The second kappa shape index (κ2) is 6.87. The summed E-state index contributed by atoms with van der Waals surface area (Å²) in [7, 11) is 0. The molecule has 1 fully saturated rings. The Bertz CT molecular complexity index is 912. The van der Waals surface area contributed by atoms with Crippen LogP contribution in [0.15, 0.2) is 35.3 Å². The molecule has 1 unspecified atom stereocenters. The van der Waals surface area contributed by atoms with Crippen molar-refractivity contribution >= 4 is 17.9 Å². The van der Waals surface area contributed by atoms with Gasteiger partial charge in [-0.15, -0.1) is 0 Å². The van der Waals surface area contributed by atoms with Crippen molar-refractivity contribution in [2.45, 2.75) is 20.0 Å². The summed E-state index contributed by atoms with van der Waals surface area (Å²) in [6.07, 6.45) is 0.507. The molecule has 0 spiro atoms. The first kappa shape index (κ1) is 17.5. The zero-order chi connectivity index (χ0) is 18.8. The Kier molecular flexibility index (Phi) is 4.61. The van der Waals surface area contributed by atoms with Crippen LogP contribution in [0.3, 0.4) is 0 Å². The van der Waals surface area contributed by atoms with E-state index in [0.29, 0.717) is 12.2 Å². The number of hydrogen-bond donors (Lipinski definition) is 2. The number of imidazole rings is 1. The van der Waals surface area contributed by atoms with Crippen LogP contribution in [0.25, 0.3) is 5.69 Å². The van der Waals surface area contributed by atoms with Gasteiger partial charge >= 0.3 is 17.7 Å². The van der Waals surface area contributed by atoms with Gasteiger partial charge in [0.1, 0.15) is 0 Å². The molecule has 0 aliphatic carbocycles. The third-order valence-corrected chi connectivity index (χ3v) is 4.08. The average Bonchev–Trinajstić information content (AvgIpc) is 3.19. The Balaban J connectivity index is 1.69. The topological polar surface area (TPSA) is 114 Å². The van der Waals surface area contributed by atoms with Crippen molar-refractivity contribution in [1.82, 2.24) is 19.8 Å². The molecule has 0 saturated carbocycles. The van der Waals surface area contributed by atoms with E-state index in [1.165, 1.54) is 23.6 Å². The zero-order valence-electron chi connectivity index (χ0n) is 14.3. The molecule has 3 amide bonds. The van der Waals surface area contributed by atoms with Gasteiger partial charge in [0.05, 0.1) is 11.3 Å². The highest BCUT2D eigenvalue weighted by Gasteiger charge is 2.31. The fourth-order valence-electron chi connectivity index (χ4n) is 2.70. The van der Waals surface area contributed by atoms with Crippen molar-refractivity contribution in [3.63, 3.8) is 0 Å². The van der Waals surface area contributed by atoms with Crippen LogP contribution in [-0.2, 0) is 9.53 Å². The minimum absolute atomic E-state index is 0.237. The summed E-state index contributed by atoms with van der Waals surface area (Å²) < 4.78 is 6.62. The van der Waals surface area contributed by atoms with E-state index >= 15 is 0 Å². The molecule has 2 heterocycles. The van der Waals surface area contributed by atoms with Crippen molar-refractivity contribution in [3.8, 4) is 5.69 Å². The lowest BCUT2D eigenvalue weighted by Gasteiger charge is -2.18. The number of carbonyl (C=O) groups is 3. The summed E-state index contributed by atoms with van der Waals surface area (Å²) in [6.45, 7) is 3.83. The lowest BCUT2D eigenvalue weighted by atomic mass is 10.2. The van der Waals surface area contributed by atoms with Crippen molar-refractivity contribution in [3.05, 3.63) is 52.2 Å². The van der Waals surface area contributed by atoms with E-state index in [0.717, 1.165) is 10.6 Å². The van der Waals surface area contributed by atoms with Crippen LogP contribution in [0, 0.1) is 6.92 Å². The summed E-state index contributed by atoms with van der Waals surface area (Å²) in [5, 5.41) is 2.51. The molecule has 3 rings (SSSR count). The number of aryl methyl sites for hydroxylation is 1. The average molecular weight is 358 g/mol. The molecular weight excluding hydrogens is 340 g/mol. The van der Waals surface area contributed by atoms with Gasteiger partial charge in [-0.25, -0.2) is 14.4 Å². The molecule has 0 bridgehead atoms. The van der Waals surface area contributed by atoms with E-state index in [1.807, 2.05) is 0 Å². The number of nitrogens with zero attached hydrogens (tertiary/aromatic N) is 2. The number of ether oxygens (including phenoxy) is 1. The Morgan fingerprint density at radius 2 is 1.88 bits per heavy atom. The van der Waals surface area contributed by atoms with E-state index in [-0.39, 0.29) is 17.8 Å². The van der Waals surface area contributed by atoms with Gasteiger partial charge in [0.15, 0.2) is 6.10 Å². The quantitative estimate of drug-likeness (QED) is 0.776. The maximum Gasteiger partial charge on any atom is 0.338 e. The van der Waals surface area contributed by atoms with Crippen molar-refractivity contribution < 1.29 is 19.1 Å². The fourth-order valence-corrected chi connectivity index (χ4v) is 2.70. The predicted molar refractivity (Wildman–Crippen MR) is 91.1 cm³/mol. The number of aromatic amines is 1. The summed E-state index contributed by atoms with van der Waals surface area (Å²) in [4.78, 5) is 51.2. The van der Waals surface area contributed by atoms with Gasteiger partial charge < -0.3 is 15.0 Å². The normalized spacial score (nSPS) is 14.8. The van der Waals surface area contributed by atoms with Crippen LogP contribution >= 0.6 is 0 Å². The molecule has 136 valence electrons. The molecule has 1 saturated heterocycles. The van der Waals surface area contributed by atoms with Crippen LogP contribution < -0.4 is 11.0 Å². The van der Waals surface area contributed by atoms with Crippen LogP contribution in [0.2, 0.25) is 0 Å². The van der Waals surface area contributed by atoms with E-state index in [9.17, 15) is 19.2 Å². The molecule has 1 aromatic carbocycles. The van der Waals surface area contributed by atoms with Crippen LogP contribution in [0.5, 0.6) is 0 Å². The van der Waals surface area contributed by atoms with Crippen LogP contribution in [-0.4, -0.2) is 51.6 Å². The number of esters is 1. The second-order valence-corrected chi connectivity index (χ2v) is 5.89. The van der Waals surface area contributed by atoms with E-state index < -0.39 is 24.0 Å². The van der Waals surface area contributed by atoms with Crippen molar-refractivity contribution in [2.24, 2.45) is 0 Å². The van der Waals surface area contributed by atoms with E-state index in [2.05, 4.69) is 10.3 Å². The fraction of sp³-hybridized carbons (Fsp3) is 0.294. The summed E-state index contributed by atoms with van der Waals surface area (Å²) in [5.41, 5.74) is 1.29. The minimum atomic E-state index is -1.08. The van der Waals surface area contributed by atoms with Gasteiger partial charge in [0.25, 0.3) is 5.91 Å². The molecule has 2 N–H and O–H groups in total. The number of hydrogen-bond acceptors (Lipinski definition) is 5. The third-order valence-electron chi connectivity index (χ3n) is 4.08. The Morgan fingerprint density at radius 1 is 1.19 bits per heavy atom. The number of nitrogens with one attached hydrogen (secondary N) is 2. The maximum absolute atomic E-state index is 12.2. The summed E-state index contributed by atoms with van der Waals surface area (Å²) in [5.74, 6) is -1.25. The number of aromatic nitrogens is 2. The highest BCUT2D eigenvalue weighted by molar-refractivity contribution is 5.99. The Morgan fingerprint density at radius 3 is 2.42 bits per heavy atom. The predicted octanol–water partition coefficient (Wildman–Crippen LogP) is 0.571. The number of imide groups is 1. The first-order chi connectivity index (χ1) is 12.4.